The summed E-state index contributed by atoms with van der Waals surface area (Å²) >= 11 is 0. The molecular weight excluding hydrogens is 264 g/mol. The molecule has 0 radical (unpaired) electrons. The molecule has 2 N–H and O–H groups in total. The van der Waals surface area contributed by atoms with Gasteiger partial charge in [-0.3, -0.25) is 19.1 Å². The maximum Gasteiger partial charge on any atom is 0.329 e. The van der Waals surface area contributed by atoms with Gasteiger partial charge in [0.1, 0.15) is 5.82 Å². The van der Waals surface area contributed by atoms with Crippen LogP contribution in [0.1, 0.15) is 25.6 Å². The normalized spacial score (nSPS) is 11.1. The average Bonchev–Trinajstić information content (AvgIpc) is 2.75. The number of fused-ring (bicyclic) bond motifs is 1. The molecule has 0 unspecified atom stereocenters. The van der Waals surface area contributed by atoms with Gasteiger partial charge in [0.15, 0.2) is 11.2 Å². The second-order valence-electron chi connectivity index (χ2n) is 4.51. The Bertz CT molecular complexity index is 768. The van der Waals surface area contributed by atoms with E-state index in [2.05, 4.69) is 9.97 Å². The molecule has 0 saturated heterocycles. The van der Waals surface area contributed by atoms with Crippen molar-refractivity contribution in [1.82, 2.24) is 19.1 Å². The number of nitrogens with one attached hydrogen (secondary N) is 1. The quantitative estimate of drug-likeness (QED) is 0.791. The summed E-state index contributed by atoms with van der Waals surface area (Å²) < 4.78 is 3.00. The molecule has 0 fully saturated rings. The Morgan fingerprint density at radius 2 is 2.10 bits per heavy atom. The molecule has 0 atom stereocenters. The first-order valence-electron chi connectivity index (χ1n) is 6.36. The van der Waals surface area contributed by atoms with Crippen LogP contribution >= 0.6 is 0 Å². The predicted molar refractivity (Wildman–Crippen MR) is 71.8 cm³/mol. The van der Waals surface area contributed by atoms with E-state index < -0.39 is 17.2 Å². The van der Waals surface area contributed by atoms with Crippen LogP contribution in [0.5, 0.6) is 0 Å². The summed E-state index contributed by atoms with van der Waals surface area (Å²) in [6.07, 6.45) is 0.926. The van der Waals surface area contributed by atoms with Gasteiger partial charge in [0.2, 0.25) is 0 Å². The highest BCUT2D eigenvalue weighted by Gasteiger charge is 2.16. The molecule has 0 spiro atoms. The smallest absolute Gasteiger partial charge is 0.329 e. The minimum Gasteiger partial charge on any atom is -0.481 e. The van der Waals surface area contributed by atoms with Gasteiger partial charge in [-0.2, -0.15) is 0 Å². The third-order valence-corrected chi connectivity index (χ3v) is 3.19. The van der Waals surface area contributed by atoms with E-state index in [-0.39, 0.29) is 6.42 Å². The van der Waals surface area contributed by atoms with Gasteiger partial charge in [-0.1, -0.05) is 0 Å². The second-order valence-corrected chi connectivity index (χ2v) is 4.51. The highest BCUT2D eigenvalue weighted by Crippen LogP contribution is 2.12. The molecule has 2 aromatic heterocycles. The SMILES string of the molecule is CCn1c(CCCC(=O)O)nc2c1c(=O)[nH]c(=O)n2C. The van der Waals surface area contributed by atoms with Crippen molar-refractivity contribution in [1.29, 1.82) is 0 Å². The third kappa shape index (κ3) is 2.36. The van der Waals surface area contributed by atoms with Crippen molar-refractivity contribution in [3.05, 3.63) is 26.7 Å². The van der Waals surface area contributed by atoms with Crippen LogP contribution in [0, 0.1) is 0 Å². The number of rotatable bonds is 5. The Labute approximate surface area is 113 Å². The fourth-order valence-corrected chi connectivity index (χ4v) is 2.21. The number of carboxylic acid groups (broad SMARTS) is 1. The van der Waals surface area contributed by atoms with Crippen molar-refractivity contribution in [3.63, 3.8) is 0 Å². The van der Waals surface area contributed by atoms with E-state index in [1.54, 1.807) is 4.57 Å². The first-order chi connectivity index (χ1) is 9.45. The van der Waals surface area contributed by atoms with E-state index in [1.165, 1.54) is 11.6 Å². The first-order valence-corrected chi connectivity index (χ1v) is 6.36. The summed E-state index contributed by atoms with van der Waals surface area (Å²) in [6.45, 7) is 2.40. The predicted octanol–water partition coefficient (Wildman–Crippen LogP) is -0.149. The van der Waals surface area contributed by atoms with Crippen molar-refractivity contribution in [3.8, 4) is 0 Å². The van der Waals surface area contributed by atoms with Crippen molar-refractivity contribution in [2.75, 3.05) is 0 Å². The van der Waals surface area contributed by atoms with Gasteiger partial charge in [0.05, 0.1) is 0 Å². The molecule has 0 saturated carbocycles. The molecular formula is C12H16N4O4. The van der Waals surface area contributed by atoms with Gasteiger partial charge in [0, 0.05) is 26.4 Å². The molecule has 8 heteroatoms. The lowest BCUT2D eigenvalue weighted by atomic mass is 10.2. The van der Waals surface area contributed by atoms with Gasteiger partial charge < -0.3 is 9.67 Å². The third-order valence-electron chi connectivity index (χ3n) is 3.19. The second kappa shape index (κ2) is 5.32. The number of carbonyl (C=O) groups is 1. The molecule has 0 aliphatic heterocycles. The zero-order valence-corrected chi connectivity index (χ0v) is 11.3. The number of aryl methyl sites for hydroxylation is 3. The molecule has 0 aromatic carbocycles. The molecule has 0 aliphatic carbocycles. The van der Waals surface area contributed by atoms with Crippen LogP contribution in [-0.4, -0.2) is 30.2 Å². The van der Waals surface area contributed by atoms with Crippen LogP contribution in [0.15, 0.2) is 9.59 Å². The minimum atomic E-state index is -0.866. The lowest BCUT2D eigenvalue weighted by Crippen LogP contribution is -2.29. The van der Waals surface area contributed by atoms with Crippen LogP contribution in [-0.2, 0) is 24.8 Å². The van der Waals surface area contributed by atoms with Crippen LogP contribution in [0.4, 0.5) is 0 Å². The van der Waals surface area contributed by atoms with Gasteiger partial charge in [-0.05, 0) is 13.3 Å². The van der Waals surface area contributed by atoms with Crippen LogP contribution in [0.3, 0.4) is 0 Å². The lowest BCUT2D eigenvalue weighted by Gasteiger charge is -2.04. The summed E-state index contributed by atoms with van der Waals surface area (Å²) in [6, 6.07) is 0. The molecule has 0 aliphatic rings. The van der Waals surface area contributed by atoms with Crippen molar-refractivity contribution >= 4 is 17.1 Å². The number of H-pyrrole nitrogens is 1. The Morgan fingerprint density at radius 3 is 2.70 bits per heavy atom. The zero-order chi connectivity index (χ0) is 14.9. The summed E-state index contributed by atoms with van der Waals surface area (Å²) in [5.41, 5.74) is -0.312. The van der Waals surface area contributed by atoms with E-state index in [1.807, 2.05) is 6.92 Å². The van der Waals surface area contributed by atoms with E-state index in [4.69, 9.17) is 5.11 Å². The molecule has 2 heterocycles. The number of aromatic nitrogens is 4. The number of carboxylic acids is 1. The fourth-order valence-electron chi connectivity index (χ4n) is 2.21. The number of hydrogen-bond acceptors (Lipinski definition) is 4. The van der Waals surface area contributed by atoms with Crippen LogP contribution in [0.2, 0.25) is 0 Å². The summed E-state index contributed by atoms with van der Waals surface area (Å²) in [7, 11) is 1.54. The Balaban J connectivity index is 2.54. The van der Waals surface area contributed by atoms with E-state index >= 15 is 0 Å². The zero-order valence-electron chi connectivity index (χ0n) is 11.3. The van der Waals surface area contributed by atoms with Crippen molar-refractivity contribution in [2.45, 2.75) is 32.7 Å². The number of imidazole rings is 1. The minimum absolute atomic E-state index is 0.0439. The summed E-state index contributed by atoms with van der Waals surface area (Å²) in [4.78, 5) is 40.5. The number of nitrogens with zero attached hydrogens (tertiary/aromatic N) is 3. The number of aromatic amines is 1. The maximum atomic E-state index is 11.9. The molecule has 2 rings (SSSR count). The molecule has 2 aromatic rings. The van der Waals surface area contributed by atoms with E-state index in [0.717, 1.165) is 0 Å². The standard InChI is InChI=1S/C12H16N4O4/c1-3-16-7(5-4-6-8(17)18)13-10-9(16)11(19)14-12(20)15(10)2/h3-6H2,1-2H3,(H,17,18)(H,14,19,20). The lowest BCUT2D eigenvalue weighted by molar-refractivity contribution is -0.137. The monoisotopic (exact) mass is 280 g/mol. The Morgan fingerprint density at radius 1 is 1.40 bits per heavy atom. The maximum absolute atomic E-state index is 11.9. The summed E-state index contributed by atoms with van der Waals surface area (Å²) in [5, 5.41) is 8.65. The van der Waals surface area contributed by atoms with E-state index in [9.17, 15) is 14.4 Å². The van der Waals surface area contributed by atoms with E-state index in [0.29, 0.717) is 36.4 Å². The number of aliphatic carboxylic acids is 1. The highest BCUT2D eigenvalue weighted by molar-refractivity contribution is 5.71. The Hall–Kier alpha value is -2.38. The topological polar surface area (TPSA) is 110 Å². The van der Waals surface area contributed by atoms with Crippen LogP contribution in [0.25, 0.3) is 11.2 Å². The highest BCUT2D eigenvalue weighted by atomic mass is 16.4. The fraction of sp³-hybridized carbons (Fsp3) is 0.500. The summed E-state index contributed by atoms with van der Waals surface area (Å²) in [5.74, 6) is -0.246. The molecule has 8 nitrogen and oxygen atoms in total. The molecule has 108 valence electrons. The van der Waals surface area contributed by atoms with Gasteiger partial charge >= 0.3 is 11.7 Å². The first kappa shape index (κ1) is 14.0. The van der Waals surface area contributed by atoms with Crippen LogP contribution < -0.4 is 11.2 Å². The van der Waals surface area contributed by atoms with Gasteiger partial charge in [-0.15, -0.1) is 0 Å². The van der Waals surface area contributed by atoms with Gasteiger partial charge in [-0.25, -0.2) is 9.78 Å². The van der Waals surface area contributed by atoms with Crippen molar-refractivity contribution in [2.24, 2.45) is 7.05 Å². The van der Waals surface area contributed by atoms with Gasteiger partial charge in [0.25, 0.3) is 5.56 Å². The molecule has 20 heavy (non-hydrogen) atoms. The van der Waals surface area contributed by atoms with Crippen molar-refractivity contribution < 1.29 is 9.90 Å². The Kier molecular flexibility index (Phi) is 3.73. The molecule has 0 bridgehead atoms. The molecule has 0 amide bonds. The largest absolute Gasteiger partial charge is 0.481 e. The average molecular weight is 280 g/mol. The number of hydrogen-bond donors (Lipinski definition) is 2.